The van der Waals surface area contributed by atoms with E-state index in [-0.39, 0.29) is 24.3 Å². The van der Waals surface area contributed by atoms with Gasteiger partial charge in [-0.3, -0.25) is 4.98 Å². The summed E-state index contributed by atoms with van der Waals surface area (Å²) in [4.78, 5) is 22.5. The normalized spacial score (nSPS) is 27.6. The molecular weight excluding hydrogens is 282 g/mol. The number of piperidine rings is 1. The predicted octanol–water partition coefficient (Wildman–Crippen LogP) is 2.79. The van der Waals surface area contributed by atoms with Gasteiger partial charge in [0.25, 0.3) is 0 Å². The molecule has 3 atom stereocenters. The highest BCUT2D eigenvalue weighted by Gasteiger charge is 2.45. The average Bonchev–Trinajstić information content (AvgIpc) is 2.70. The number of hydrogen-bond donors (Lipinski definition) is 0. The molecule has 22 heavy (non-hydrogen) atoms. The second kappa shape index (κ2) is 5.74. The first-order valence-electron chi connectivity index (χ1n) is 7.86. The van der Waals surface area contributed by atoms with Crippen LogP contribution in [-0.2, 0) is 4.74 Å². The van der Waals surface area contributed by atoms with Gasteiger partial charge in [-0.25, -0.2) is 9.78 Å². The van der Waals surface area contributed by atoms with E-state index in [1.807, 2.05) is 25.7 Å². The van der Waals surface area contributed by atoms with Crippen LogP contribution in [0.15, 0.2) is 18.6 Å². The Kier molecular flexibility index (Phi) is 3.93. The van der Waals surface area contributed by atoms with Gasteiger partial charge < -0.3 is 14.4 Å². The lowest BCUT2D eigenvalue weighted by molar-refractivity contribution is -0.00764. The van der Waals surface area contributed by atoms with Crippen LogP contribution in [0.3, 0.4) is 0 Å². The topological polar surface area (TPSA) is 64.5 Å². The third-order valence-electron chi connectivity index (χ3n) is 4.12. The zero-order valence-electron chi connectivity index (χ0n) is 13.4. The molecule has 0 radical (unpaired) electrons. The predicted molar refractivity (Wildman–Crippen MR) is 80.6 cm³/mol. The van der Waals surface area contributed by atoms with Crippen LogP contribution in [0.4, 0.5) is 4.79 Å². The first kappa shape index (κ1) is 15.1. The Hall–Kier alpha value is -1.85. The molecule has 1 aromatic rings. The van der Waals surface area contributed by atoms with Crippen molar-refractivity contribution in [3.05, 3.63) is 18.6 Å². The Bertz CT molecular complexity index is 515. The van der Waals surface area contributed by atoms with Crippen LogP contribution in [0.1, 0.15) is 46.5 Å². The van der Waals surface area contributed by atoms with Gasteiger partial charge in [0.15, 0.2) is 0 Å². The summed E-state index contributed by atoms with van der Waals surface area (Å²) >= 11 is 0. The number of carbonyl (C=O) groups excluding carboxylic acids is 1. The highest BCUT2D eigenvalue weighted by Crippen LogP contribution is 2.37. The van der Waals surface area contributed by atoms with Crippen LogP contribution in [0.2, 0.25) is 0 Å². The van der Waals surface area contributed by atoms with Gasteiger partial charge in [-0.1, -0.05) is 0 Å². The van der Waals surface area contributed by atoms with Crippen molar-refractivity contribution in [2.24, 2.45) is 0 Å². The first-order chi connectivity index (χ1) is 10.4. The maximum Gasteiger partial charge on any atom is 0.410 e. The van der Waals surface area contributed by atoms with Gasteiger partial charge in [-0.05, 0) is 33.6 Å². The lowest BCUT2D eigenvalue weighted by Crippen LogP contribution is -2.50. The number of aromatic nitrogens is 2. The van der Waals surface area contributed by atoms with Gasteiger partial charge in [0.2, 0.25) is 5.88 Å². The van der Waals surface area contributed by atoms with Crippen molar-refractivity contribution >= 4 is 6.09 Å². The number of nitrogens with zero attached hydrogens (tertiary/aromatic N) is 3. The second-order valence-electron chi connectivity index (χ2n) is 7.03. The molecule has 2 bridgehead atoms. The second-order valence-corrected chi connectivity index (χ2v) is 7.03. The molecule has 6 heteroatoms. The summed E-state index contributed by atoms with van der Waals surface area (Å²) < 4.78 is 11.4. The Balaban J connectivity index is 1.63. The van der Waals surface area contributed by atoms with E-state index < -0.39 is 5.60 Å². The van der Waals surface area contributed by atoms with Crippen LogP contribution >= 0.6 is 0 Å². The van der Waals surface area contributed by atoms with E-state index in [1.165, 1.54) is 0 Å². The zero-order chi connectivity index (χ0) is 15.7. The molecule has 2 saturated heterocycles. The summed E-state index contributed by atoms with van der Waals surface area (Å²) in [5, 5.41) is 0. The van der Waals surface area contributed by atoms with Crippen LogP contribution < -0.4 is 4.74 Å². The van der Waals surface area contributed by atoms with Crippen LogP contribution in [0.5, 0.6) is 5.88 Å². The quantitative estimate of drug-likeness (QED) is 0.840. The fourth-order valence-electron chi connectivity index (χ4n) is 3.35. The Morgan fingerprint density at radius 1 is 1.23 bits per heavy atom. The highest BCUT2D eigenvalue weighted by molar-refractivity contribution is 5.69. The molecule has 6 nitrogen and oxygen atoms in total. The molecule has 2 aliphatic heterocycles. The van der Waals surface area contributed by atoms with E-state index in [0.29, 0.717) is 5.88 Å². The highest BCUT2D eigenvalue weighted by atomic mass is 16.6. The van der Waals surface area contributed by atoms with Crippen molar-refractivity contribution in [2.75, 3.05) is 0 Å². The third-order valence-corrected chi connectivity index (χ3v) is 4.12. The molecule has 0 saturated carbocycles. The number of carbonyl (C=O) groups is 1. The molecular formula is C16H23N3O3. The molecule has 0 N–H and O–H groups in total. The van der Waals surface area contributed by atoms with Crippen molar-refractivity contribution in [3.8, 4) is 5.88 Å². The maximum atomic E-state index is 12.4. The van der Waals surface area contributed by atoms with Gasteiger partial charge in [0, 0.05) is 37.3 Å². The molecule has 3 heterocycles. The first-order valence-corrected chi connectivity index (χ1v) is 7.86. The number of rotatable bonds is 2. The smallest absolute Gasteiger partial charge is 0.410 e. The number of hydrogen-bond acceptors (Lipinski definition) is 5. The summed E-state index contributed by atoms with van der Waals surface area (Å²) in [5.74, 6) is 0.553. The maximum absolute atomic E-state index is 12.4. The Morgan fingerprint density at radius 3 is 2.45 bits per heavy atom. The van der Waals surface area contributed by atoms with Gasteiger partial charge in [0.1, 0.15) is 11.7 Å². The van der Waals surface area contributed by atoms with E-state index in [2.05, 4.69) is 9.97 Å². The monoisotopic (exact) mass is 305 g/mol. The molecule has 1 aromatic heterocycles. The SMILES string of the molecule is CC(C)(C)OC(=O)N1[C@@H]2CC[C@H]1C[C@@H](Oc1cnccn1)C2. The van der Waals surface area contributed by atoms with E-state index >= 15 is 0 Å². The number of amides is 1. The van der Waals surface area contributed by atoms with Gasteiger partial charge in [-0.15, -0.1) is 0 Å². The molecule has 3 rings (SSSR count). The van der Waals surface area contributed by atoms with Crippen LogP contribution in [0.25, 0.3) is 0 Å². The molecule has 2 aliphatic rings. The molecule has 1 amide bonds. The Labute approximate surface area is 130 Å². The van der Waals surface area contributed by atoms with Crippen LogP contribution in [0, 0.1) is 0 Å². The zero-order valence-corrected chi connectivity index (χ0v) is 13.4. The molecule has 0 spiro atoms. The lowest BCUT2D eigenvalue weighted by Gasteiger charge is -2.39. The minimum atomic E-state index is -0.455. The molecule has 120 valence electrons. The molecule has 0 aromatic carbocycles. The summed E-state index contributed by atoms with van der Waals surface area (Å²) in [7, 11) is 0. The summed E-state index contributed by atoms with van der Waals surface area (Å²) in [6.07, 6.45) is 8.46. The third kappa shape index (κ3) is 3.31. The van der Waals surface area contributed by atoms with Crippen molar-refractivity contribution in [2.45, 2.75) is 70.2 Å². The van der Waals surface area contributed by atoms with Crippen molar-refractivity contribution < 1.29 is 14.3 Å². The van der Waals surface area contributed by atoms with Crippen molar-refractivity contribution in [3.63, 3.8) is 0 Å². The van der Waals surface area contributed by atoms with Crippen molar-refractivity contribution in [1.29, 1.82) is 0 Å². The van der Waals surface area contributed by atoms with E-state index in [4.69, 9.17) is 9.47 Å². The minimum Gasteiger partial charge on any atom is -0.473 e. The minimum absolute atomic E-state index is 0.0906. The summed E-state index contributed by atoms with van der Waals surface area (Å²) in [6, 6.07) is 0.408. The number of fused-ring (bicyclic) bond motifs is 2. The van der Waals surface area contributed by atoms with E-state index in [9.17, 15) is 4.79 Å². The summed E-state index contributed by atoms with van der Waals surface area (Å²) in [5.41, 5.74) is -0.455. The van der Waals surface area contributed by atoms with Gasteiger partial charge in [-0.2, -0.15) is 0 Å². The van der Waals surface area contributed by atoms with E-state index in [1.54, 1.807) is 18.6 Å². The van der Waals surface area contributed by atoms with Crippen molar-refractivity contribution in [1.82, 2.24) is 14.9 Å². The van der Waals surface area contributed by atoms with Gasteiger partial charge in [0.05, 0.1) is 6.20 Å². The largest absolute Gasteiger partial charge is 0.473 e. The number of ether oxygens (including phenoxy) is 2. The molecule has 2 fully saturated rings. The Morgan fingerprint density at radius 2 is 1.91 bits per heavy atom. The standard InChI is InChI=1S/C16H23N3O3/c1-16(2,3)22-15(20)19-11-4-5-12(19)9-13(8-11)21-14-10-17-6-7-18-14/h6-7,10-13H,4-5,8-9H2,1-3H3/t11-,12+,13+. The molecule has 0 aliphatic carbocycles. The average molecular weight is 305 g/mol. The molecule has 0 unspecified atom stereocenters. The fourth-order valence-corrected chi connectivity index (χ4v) is 3.35. The van der Waals surface area contributed by atoms with E-state index in [0.717, 1.165) is 25.7 Å². The fraction of sp³-hybridized carbons (Fsp3) is 0.688. The van der Waals surface area contributed by atoms with Crippen LogP contribution in [-0.4, -0.2) is 44.7 Å². The van der Waals surface area contributed by atoms with Gasteiger partial charge >= 0.3 is 6.09 Å². The summed E-state index contributed by atoms with van der Waals surface area (Å²) in [6.45, 7) is 5.70. The lowest BCUT2D eigenvalue weighted by atomic mass is 10.0.